The Morgan fingerprint density at radius 2 is 1.89 bits per heavy atom. The van der Waals surface area contributed by atoms with Crippen LogP contribution in [0.1, 0.15) is 35.7 Å². The van der Waals surface area contributed by atoms with E-state index in [9.17, 15) is 5.11 Å². The molecule has 0 bridgehead atoms. The highest BCUT2D eigenvalue weighted by Gasteiger charge is 2.35. The standard InChI is InChI=1S/C23H34N4O/c1-17-6-7-21-20(14-17)19-4-3-5-22-23(19)27(21)13-12-26(22)16-18(28)15-25-10-8-24(2)9-11-25/h6-7,14,18,22,28H,3-5,8-13,15-16H2,1-2H3/t18-,22+/m1/s1. The average molecular weight is 383 g/mol. The minimum absolute atomic E-state index is 0.257. The van der Waals surface area contributed by atoms with Gasteiger partial charge >= 0.3 is 0 Å². The highest BCUT2D eigenvalue weighted by molar-refractivity contribution is 5.87. The molecule has 1 saturated heterocycles. The van der Waals surface area contributed by atoms with Crippen molar-refractivity contribution in [1.29, 1.82) is 0 Å². The Morgan fingerprint density at radius 1 is 1.07 bits per heavy atom. The maximum absolute atomic E-state index is 10.8. The third-order valence-electron chi connectivity index (χ3n) is 7.15. The summed E-state index contributed by atoms with van der Waals surface area (Å²) in [6, 6.07) is 7.42. The molecule has 0 unspecified atom stereocenters. The van der Waals surface area contributed by atoms with Crippen LogP contribution in [0.15, 0.2) is 18.2 Å². The van der Waals surface area contributed by atoms with Crippen LogP contribution in [0.2, 0.25) is 0 Å². The van der Waals surface area contributed by atoms with Crippen LogP contribution in [-0.4, -0.2) is 83.3 Å². The minimum atomic E-state index is -0.257. The number of fused-ring (bicyclic) bond motifs is 3. The highest BCUT2D eigenvalue weighted by atomic mass is 16.3. The number of piperazine rings is 1. The third-order valence-corrected chi connectivity index (χ3v) is 7.15. The second-order valence-corrected chi connectivity index (χ2v) is 9.20. The third kappa shape index (κ3) is 3.28. The van der Waals surface area contributed by atoms with Crippen molar-refractivity contribution in [2.75, 3.05) is 52.9 Å². The van der Waals surface area contributed by atoms with Gasteiger partial charge in [0.05, 0.1) is 12.1 Å². The molecule has 0 amide bonds. The van der Waals surface area contributed by atoms with Crippen molar-refractivity contribution in [2.24, 2.45) is 0 Å². The molecule has 1 aromatic heterocycles. The molecule has 0 radical (unpaired) electrons. The van der Waals surface area contributed by atoms with E-state index in [2.05, 4.69) is 51.4 Å². The number of aryl methyl sites for hydroxylation is 2. The summed E-state index contributed by atoms with van der Waals surface area (Å²) in [6.07, 6.45) is 3.43. The van der Waals surface area contributed by atoms with Crippen LogP contribution in [-0.2, 0) is 13.0 Å². The van der Waals surface area contributed by atoms with E-state index in [4.69, 9.17) is 0 Å². The number of aromatic nitrogens is 1. The van der Waals surface area contributed by atoms with Crippen LogP contribution in [0.5, 0.6) is 0 Å². The normalized spacial score (nSPS) is 25.2. The number of aliphatic hydroxyl groups excluding tert-OH is 1. The first-order valence-electron chi connectivity index (χ1n) is 11.0. The van der Waals surface area contributed by atoms with Crippen LogP contribution in [0, 0.1) is 6.92 Å². The van der Waals surface area contributed by atoms with Gasteiger partial charge in [-0.1, -0.05) is 11.6 Å². The number of rotatable bonds is 4. The topological polar surface area (TPSA) is 34.9 Å². The summed E-state index contributed by atoms with van der Waals surface area (Å²) >= 11 is 0. The van der Waals surface area contributed by atoms with Gasteiger partial charge in [-0.15, -0.1) is 0 Å². The number of aliphatic hydroxyl groups is 1. The maximum Gasteiger partial charge on any atom is 0.0794 e. The Bertz CT molecular complexity index is 852. The molecule has 1 fully saturated rings. The lowest BCUT2D eigenvalue weighted by Crippen LogP contribution is -2.50. The maximum atomic E-state index is 10.8. The summed E-state index contributed by atoms with van der Waals surface area (Å²) in [4.78, 5) is 7.38. The lowest BCUT2D eigenvalue weighted by molar-refractivity contribution is 0.0316. The Balaban J connectivity index is 1.34. The summed E-state index contributed by atoms with van der Waals surface area (Å²) in [5, 5.41) is 12.3. The quantitative estimate of drug-likeness (QED) is 0.880. The fourth-order valence-electron chi connectivity index (χ4n) is 5.67. The van der Waals surface area contributed by atoms with Crippen molar-refractivity contribution in [2.45, 2.75) is 44.9 Å². The molecule has 0 spiro atoms. The van der Waals surface area contributed by atoms with Crippen molar-refractivity contribution >= 4 is 10.9 Å². The van der Waals surface area contributed by atoms with Gasteiger partial charge in [-0.3, -0.25) is 9.80 Å². The van der Waals surface area contributed by atoms with Gasteiger partial charge in [0.15, 0.2) is 0 Å². The molecular weight excluding hydrogens is 348 g/mol. The second-order valence-electron chi connectivity index (χ2n) is 9.20. The zero-order chi connectivity index (χ0) is 19.3. The summed E-state index contributed by atoms with van der Waals surface area (Å²) in [7, 11) is 2.18. The van der Waals surface area contributed by atoms with Crippen molar-refractivity contribution in [3.63, 3.8) is 0 Å². The molecular formula is C23H34N4O. The van der Waals surface area contributed by atoms with Crippen LogP contribution >= 0.6 is 0 Å². The zero-order valence-electron chi connectivity index (χ0n) is 17.4. The molecule has 28 heavy (non-hydrogen) atoms. The molecule has 0 saturated carbocycles. The van der Waals surface area contributed by atoms with Crippen molar-refractivity contribution in [3.05, 3.63) is 35.0 Å². The van der Waals surface area contributed by atoms with E-state index in [1.54, 1.807) is 11.3 Å². The molecule has 1 aliphatic carbocycles. The summed E-state index contributed by atoms with van der Waals surface area (Å²) in [6.45, 7) is 10.3. The zero-order valence-corrected chi connectivity index (χ0v) is 17.4. The Labute approximate surface area is 168 Å². The van der Waals surface area contributed by atoms with Gasteiger partial charge < -0.3 is 14.6 Å². The van der Waals surface area contributed by atoms with Gasteiger partial charge in [0.2, 0.25) is 0 Å². The summed E-state index contributed by atoms with van der Waals surface area (Å²) < 4.78 is 2.58. The lowest BCUT2D eigenvalue weighted by Gasteiger charge is -2.41. The molecule has 2 atom stereocenters. The number of β-amino-alcohol motifs (C(OH)–C–C–N with tert-alkyl or cyclic N) is 1. The monoisotopic (exact) mass is 382 g/mol. The van der Waals surface area contributed by atoms with Crippen LogP contribution < -0.4 is 0 Å². The fourth-order valence-corrected chi connectivity index (χ4v) is 5.67. The molecule has 2 aromatic rings. The highest BCUT2D eigenvalue weighted by Crippen LogP contribution is 2.42. The predicted molar refractivity (Wildman–Crippen MR) is 114 cm³/mol. The van der Waals surface area contributed by atoms with Crippen LogP contribution in [0.3, 0.4) is 0 Å². The average Bonchev–Trinajstić information content (AvgIpc) is 3.00. The SMILES string of the molecule is Cc1ccc2c(c1)c1c3n2CCN(C[C@H](O)CN2CCN(C)CC2)[C@H]3CCC1. The van der Waals surface area contributed by atoms with E-state index in [1.807, 2.05) is 0 Å². The number of likely N-dealkylation sites (N-methyl/N-ethyl adjacent to an activating group) is 1. The van der Waals surface area contributed by atoms with Gasteiger partial charge in [0.25, 0.3) is 0 Å². The van der Waals surface area contributed by atoms with E-state index in [0.29, 0.717) is 6.04 Å². The Hall–Kier alpha value is -1.40. The predicted octanol–water partition coefficient (Wildman–Crippen LogP) is 2.25. The van der Waals surface area contributed by atoms with Gasteiger partial charge in [-0.05, 0) is 50.9 Å². The van der Waals surface area contributed by atoms with Crippen molar-refractivity contribution in [3.8, 4) is 0 Å². The van der Waals surface area contributed by atoms with E-state index in [-0.39, 0.29) is 6.10 Å². The Morgan fingerprint density at radius 3 is 2.71 bits per heavy atom. The number of benzene rings is 1. The van der Waals surface area contributed by atoms with E-state index in [1.165, 1.54) is 35.7 Å². The Kier molecular flexibility index (Phi) is 4.95. The molecule has 152 valence electrons. The fraction of sp³-hybridized carbons (Fsp3) is 0.652. The van der Waals surface area contributed by atoms with E-state index < -0.39 is 0 Å². The minimum Gasteiger partial charge on any atom is -0.390 e. The van der Waals surface area contributed by atoms with E-state index >= 15 is 0 Å². The first-order chi connectivity index (χ1) is 13.6. The lowest BCUT2D eigenvalue weighted by atomic mass is 9.89. The molecule has 5 heteroatoms. The molecule has 5 rings (SSSR count). The van der Waals surface area contributed by atoms with Crippen LogP contribution in [0.4, 0.5) is 0 Å². The molecule has 2 aliphatic heterocycles. The molecule has 3 aliphatic rings. The van der Waals surface area contributed by atoms with Gasteiger partial charge in [0.1, 0.15) is 0 Å². The molecule has 3 heterocycles. The van der Waals surface area contributed by atoms with Crippen LogP contribution in [0.25, 0.3) is 10.9 Å². The molecule has 1 N–H and O–H groups in total. The summed E-state index contributed by atoms with van der Waals surface area (Å²) in [5.41, 5.74) is 5.89. The van der Waals surface area contributed by atoms with Gasteiger partial charge in [-0.2, -0.15) is 0 Å². The van der Waals surface area contributed by atoms with Crippen molar-refractivity contribution < 1.29 is 5.11 Å². The summed E-state index contributed by atoms with van der Waals surface area (Å²) in [5.74, 6) is 0. The first-order valence-corrected chi connectivity index (χ1v) is 11.0. The number of nitrogens with zero attached hydrogens (tertiary/aromatic N) is 4. The van der Waals surface area contributed by atoms with Gasteiger partial charge in [0, 0.05) is 69.0 Å². The van der Waals surface area contributed by atoms with Crippen molar-refractivity contribution in [1.82, 2.24) is 19.3 Å². The largest absolute Gasteiger partial charge is 0.390 e. The number of hydrogen-bond donors (Lipinski definition) is 1. The van der Waals surface area contributed by atoms with E-state index in [0.717, 1.165) is 52.4 Å². The molecule has 5 nitrogen and oxygen atoms in total. The number of hydrogen-bond acceptors (Lipinski definition) is 4. The first kappa shape index (κ1) is 18.6. The van der Waals surface area contributed by atoms with Gasteiger partial charge in [-0.25, -0.2) is 0 Å². The smallest absolute Gasteiger partial charge is 0.0794 e. The second kappa shape index (κ2) is 7.45. The molecule has 1 aromatic carbocycles.